The van der Waals surface area contributed by atoms with E-state index < -0.39 is 0 Å². The van der Waals surface area contributed by atoms with Gasteiger partial charge in [-0.25, -0.2) is 0 Å². The van der Waals surface area contributed by atoms with Gasteiger partial charge in [-0.2, -0.15) is 0 Å². The number of hydrogen-bond acceptors (Lipinski definition) is 3. The van der Waals surface area contributed by atoms with E-state index in [0.29, 0.717) is 5.92 Å². The van der Waals surface area contributed by atoms with Crippen molar-refractivity contribution in [1.82, 2.24) is 5.16 Å². The van der Waals surface area contributed by atoms with Crippen molar-refractivity contribution in [2.75, 3.05) is 11.9 Å². The Morgan fingerprint density at radius 3 is 3.08 bits per heavy atom. The summed E-state index contributed by atoms with van der Waals surface area (Å²) in [6.07, 6.45) is 2.22. The fourth-order valence-corrected chi connectivity index (χ4v) is 1.56. The van der Waals surface area contributed by atoms with E-state index in [2.05, 4.69) is 24.3 Å². The second kappa shape index (κ2) is 2.81. The maximum Gasteiger partial charge on any atom is 0.162 e. The van der Waals surface area contributed by atoms with Gasteiger partial charge in [0.15, 0.2) is 5.76 Å². The van der Waals surface area contributed by atoms with Crippen LogP contribution >= 0.6 is 0 Å². The number of fused-ring (bicyclic) bond motifs is 1. The molecule has 0 fully saturated rings. The van der Waals surface area contributed by atoms with E-state index >= 15 is 0 Å². The fraction of sp³-hybridized carbons (Fsp3) is 0.667. The standard InChI is InChI=1S/C9H14N2O/c1-6(2)9-8-7(11-12-9)4-3-5-10-8/h6,10H,3-5H2,1-2H3. The molecular weight excluding hydrogens is 152 g/mol. The Kier molecular flexibility index (Phi) is 1.79. The normalized spacial score (nSPS) is 15.9. The highest BCUT2D eigenvalue weighted by Gasteiger charge is 2.20. The number of aromatic nitrogens is 1. The first-order valence-electron chi connectivity index (χ1n) is 4.51. The van der Waals surface area contributed by atoms with Crippen molar-refractivity contribution in [1.29, 1.82) is 0 Å². The molecule has 3 nitrogen and oxygen atoms in total. The number of aryl methyl sites for hydroxylation is 1. The summed E-state index contributed by atoms with van der Waals surface area (Å²) < 4.78 is 5.27. The third kappa shape index (κ3) is 1.09. The number of hydrogen-bond donors (Lipinski definition) is 1. The molecule has 12 heavy (non-hydrogen) atoms. The largest absolute Gasteiger partial charge is 0.381 e. The summed E-state index contributed by atoms with van der Waals surface area (Å²) in [6.45, 7) is 5.29. The molecule has 3 heteroatoms. The van der Waals surface area contributed by atoms with E-state index in [1.54, 1.807) is 0 Å². The van der Waals surface area contributed by atoms with Gasteiger partial charge in [0.05, 0.1) is 0 Å². The quantitative estimate of drug-likeness (QED) is 0.694. The molecule has 2 rings (SSSR count). The van der Waals surface area contributed by atoms with E-state index in [-0.39, 0.29) is 0 Å². The van der Waals surface area contributed by atoms with Gasteiger partial charge >= 0.3 is 0 Å². The summed E-state index contributed by atoms with van der Waals surface area (Å²) in [5.74, 6) is 1.43. The lowest BCUT2D eigenvalue weighted by molar-refractivity contribution is 0.366. The van der Waals surface area contributed by atoms with E-state index in [4.69, 9.17) is 4.52 Å². The van der Waals surface area contributed by atoms with Crippen LogP contribution in [0, 0.1) is 0 Å². The van der Waals surface area contributed by atoms with Gasteiger partial charge < -0.3 is 9.84 Å². The maximum absolute atomic E-state index is 5.27. The lowest BCUT2D eigenvalue weighted by Crippen LogP contribution is -2.11. The van der Waals surface area contributed by atoms with Gasteiger partial charge in [0.25, 0.3) is 0 Å². The van der Waals surface area contributed by atoms with Crippen molar-refractivity contribution in [3.05, 3.63) is 11.5 Å². The molecule has 0 saturated heterocycles. The minimum absolute atomic E-state index is 0.423. The summed E-state index contributed by atoms with van der Waals surface area (Å²) in [5.41, 5.74) is 2.25. The lowest BCUT2D eigenvalue weighted by Gasteiger charge is -2.13. The van der Waals surface area contributed by atoms with Crippen LogP contribution in [0.15, 0.2) is 4.52 Å². The molecule has 1 aromatic rings. The van der Waals surface area contributed by atoms with Crippen molar-refractivity contribution in [2.24, 2.45) is 0 Å². The molecule has 0 aliphatic carbocycles. The zero-order valence-corrected chi connectivity index (χ0v) is 7.55. The van der Waals surface area contributed by atoms with E-state index in [1.807, 2.05) is 0 Å². The molecule has 0 atom stereocenters. The van der Waals surface area contributed by atoms with Crippen LogP contribution in [0.5, 0.6) is 0 Å². The Morgan fingerprint density at radius 2 is 2.33 bits per heavy atom. The highest BCUT2D eigenvalue weighted by atomic mass is 16.5. The Bertz CT molecular complexity index is 278. The molecular formula is C9H14N2O. The number of anilines is 1. The van der Waals surface area contributed by atoms with Crippen LogP contribution in [0.3, 0.4) is 0 Å². The number of rotatable bonds is 1. The van der Waals surface area contributed by atoms with Gasteiger partial charge in [-0.15, -0.1) is 0 Å². The third-order valence-electron chi connectivity index (χ3n) is 2.21. The molecule has 1 aromatic heterocycles. The number of nitrogens with zero attached hydrogens (tertiary/aromatic N) is 1. The summed E-state index contributed by atoms with van der Waals surface area (Å²) in [7, 11) is 0. The summed E-state index contributed by atoms with van der Waals surface area (Å²) in [5, 5.41) is 7.38. The smallest absolute Gasteiger partial charge is 0.162 e. The SMILES string of the molecule is CC(C)c1onc2c1NCCC2. The third-order valence-corrected chi connectivity index (χ3v) is 2.21. The van der Waals surface area contributed by atoms with E-state index in [9.17, 15) is 0 Å². The summed E-state index contributed by atoms with van der Waals surface area (Å²) in [4.78, 5) is 0. The monoisotopic (exact) mass is 166 g/mol. The fourth-order valence-electron chi connectivity index (χ4n) is 1.56. The number of nitrogens with one attached hydrogen (secondary N) is 1. The molecule has 0 unspecified atom stereocenters. The minimum atomic E-state index is 0.423. The highest BCUT2D eigenvalue weighted by molar-refractivity contribution is 5.53. The van der Waals surface area contributed by atoms with Crippen LogP contribution in [-0.2, 0) is 6.42 Å². The molecule has 0 saturated carbocycles. The Labute approximate surface area is 72.1 Å². The van der Waals surface area contributed by atoms with Crippen LogP contribution in [0.1, 0.15) is 37.6 Å². The zero-order chi connectivity index (χ0) is 8.55. The van der Waals surface area contributed by atoms with Crippen molar-refractivity contribution in [3.8, 4) is 0 Å². The average molecular weight is 166 g/mol. The van der Waals surface area contributed by atoms with Gasteiger partial charge in [0.1, 0.15) is 11.4 Å². The maximum atomic E-state index is 5.27. The molecule has 0 spiro atoms. The topological polar surface area (TPSA) is 38.1 Å². The van der Waals surface area contributed by atoms with Crippen molar-refractivity contribution in [2.45, 2.75) is 32.6 Å². The van der Waals surface area contributed by atoms with Crippen LogP contribution in [0.25, 0.3) is 0 Å². The molecule has 0 radical (unpaired) electrons. The lowest BCUT2D eigenvalue weighted by atomic mass is 10.1. The predicted octanol–water partition coefficient (Wildman–Crippen LogP) is 2.16. The van der Waals surface area contributed by atoms with E-state index in [1.165, 1.54) is 0 Å². The molecule has 0 bridgehead atoms. The van der Waals surface area contributed by atoms with E-state index in [0.717, 1.165) is 36.5 Å². The first kappa shape index (κ1) is 7.65. The second-order valence-electron chi connectivity index (χ2n) is 3.55. The van der Waals surface area contributed by atoms with Gasteiger partial charge in [-0.05, 0) is 12.8 Å². The second-order valence-corrected chi connectivity index (χ2v) is 3.55. The Morgan fingerprint density at radius 1 is 1.50 bits per heavy atom. The van der Waals surface area contributed by atoms with Gasteiger partial charge in [0.2, 0.25) is 0 Å². The van der Waals surface area contributed by atoms with Crippen LogP contribution in [0.2, 0.25) is 0 Å². The van der Waals surface area contributed by atoms with Crippen LogP contribution in [-0.4, -0.2) is 11.7 Å². The minimum Gasteiger partial charge on any atom is -0.381 e. The molecule has 1 N–H and O–H groups in total. The molecule has 1 aliphatic rings. The predicted molar refractivity (Wildman–Crippen MR) is 47.4 cm³/mol. The molecule has 2 heterocycles. The first-order chi connectivity index (χ1) is 5.79. The van der Waals surface area contributed by atoms with Crippen LogP contribution in [0.4, 0.5) is 5.69 Å². The summed E-state index contributed by atoms with van der Waals surface area (Å²) in [6, 6.07) is 0. The zero-order valence-electron chi connectivity index (χ0n) is 7.55. The molecule has 0 amide bonds. The molecule has 66 valence electrons. The van der Waals surface area contributed by atoms with Gasteiger partial charge in [-0.3, -0.25) is 0 Å². The Balaban J connectivity index is 2.38. The Hall–Kier alpha value is -0.990. The van der Waals surface area contributed by atoms with Crippen molar-refractivity contribution >= 4 is 5.69 Å². The highest BCUT2D eigenvalue weighted by Crippen LogP contribution is 2.30. The van der Waals surface area contributed by atoms with Crippen LogP contribution < -0.4 is 5.32 Å². The molecule has 0 aromatic carbocycles. The van der Waals surface area contributed by atoms with Crippen molar-refractivity contribution < 1.29 is 4.52 Å². The van der Waals surface area contributed by atoms with Gasteiger partial charge in [0, 0.05) is 12.5 Å². The molecule has 1 aliphatic heterocycles. The van der Waals surface area contributed by atoms with Crippen molar-refractivity contribution in [3.63, 3.8) is 0 Å². The summed E-state index contributed by atoms with van der Waals surface area (Å²) >= 11 is 0. The average Bonchev–Trinajstić information content (AvgIpc) is 2.47. The van der Waals surface area contributed by atoms with Gasteiger partial charge in [-0.1, -0.05) is 19.0 Å². The first-order valence-corrected chi connectivity index (χ1v) is 4.51.